The third-order valence-corrected chi connectivity index (χ3v) is 5.87. The van der Waals surface area contributed by atoms with E-state index in [9.17, 15) is 14.6 Å². The fourth-order valence-electron chi connectivity index (χ4n) is 4.24. The summed E-state index contributed by atoms with van der Waals surface area (Å²) in [6, 6.07) is 12.0. The van der Waals surface area contributed by atoms with E-state index >= 15 is 0 Å². The molecule has 5 heteroatoms. The molecule has 0 radical (unpaired) electrons. The van der Waals surface area contributed by atoms with Gasteiger partial charge in [-0.2, -0.15) is 0 Å². The summed E-state index contributed by atoms with van der Waals surface area (Å²) >= 11 is 0. The highest BCUT2D eigenvalue weighted by Crippen LogP contribution is 2.44. The first kappa shape index (κ1) is 18.4. The van der Waals surface area contributed by atoms with Gasteiger partial charge in [-0.15, -0.1) is 0 Å². The average molecular weight is 371 g/mol. The van der Waals surface area contributed by atoms with E-state index in [0.29, 0.717) is 13.0 Å². The fourth-order valence-corrected chi connectivity index (χ4v) is 4.24. The molecule has 2 aromatic rings. The first-order valence-electron chi connectivity index (χ1n) is 9.58. The highest BCUT2D eigenvalue weighted by molar-refractivity contribution is 5.41. The summed E-state index contributed by atoms with van der Waals surface area (Å²) in [6.07, 6.45) is 1.10. The maximum Gasteiger partial charge on any atom is 0.125 e. The topological polar surface area (TPSA) is 52.9 Å². The van der Waals surface area contributed by atoms with Crippen LogP contribution in [0.3, 0.4) is 0 Å². The number of hydrogen-bond acceptors (Lipinski definition) is 4. The fraction of sp³-hybridized carbons (Fsp3) is 0.455. The van der Waals surface area contributed by atoms with Gasteiger partial charge in [0.2, 0.25) is 0 Å². The lowest BCUT2D eigenvalue weighted by atomic mass is 9.81. The van der Waals surface area contributed by atoms with Crippen LogP contribution in [0.2, 0.25) is 0 Å². The van der Waals surface area contributed by atoms with Crippen LogP contribution in [0.25, 0.3) is 0 Å². The predicted octanol–water partition coefficient (Wildman–Crippen LogP) is 3.52. The lowest BCUT2D eigenvalue weighted by Crippen LogP contribution is -2.51. The standard InChI is InChI=1S/C22H26FNO3/c1-15-2-7-21-18(12-15)19(25)13-22(27-21)8-10-24(11-9-22)14-20(26)16-3-5-17(23)6-4-16/h2-7,12,19-20,25-26H,8-11,13-14H2,1H3. The molecule has 2 heterocycles. The quantitative estimate of drug-likeness (QED) is 0.867. The van der Waals surface area contributed by atoms with Gasteiger partial charge in [0.15, 0.2) is 0 Å². The van der Waals surface area contributed by atoms with Gasteiger partial charge in [0.1, 0.15) is 17.2 Å². The lowest BCUT2D eigenvalue weighted by molar-refractivity contribution is -0.0588. The highest BCUT2D eigenvalue weighted by atomic mass is 19.1. The van der Waals surface area contributed by atoms with Gasteiger partial charge in [0.05, 0.1) is 12.2 Å². The molecule has 4 rings (SSSR count). The molecule has 0 saturated carbocycles. The number of aliphatic hydroxyl groups is 2. The van der Waals surface area contributed by atoms with Gasteiger partial charge >= 0.3 is 0 Å². The highest BCUT2D eigenvalue weighted by Gasteiger charge is 2.43. The molecule has 144 valence electrons. The lowest BCUT2D eigenvalue weighted by Gasteiger charge is -2.46. The van der Waals surface area contributed by atoms with E-state index in [0.717, 1.165) is 48.4 Å². The van der Waals surface area contributed by atoms with Crippen LogP contribution in [-0.2, 0) is 0 Å². The first-order valence-corrected chi connectivity index (χ1v) is 9.58. The molecule has 2 unspecified atom stereocenters. The largest absolute Gasteiger partial charge is 0.487 e. The summed E-state index contributed by atoms with van der Waals surface area (Å²) in [7, 11) is 0. The second-order valence-corrected chi connectivity index (χ2v) is 7.91. The third-order valence-electron chi connectivity index (χ3n) is 5.87. The van der Waals surface area contributed by atoms with Gasteiger partial charge in [-0.1, -0.05) is 23.8 Å². The Bertz CT molecular complexity index is 800. The Morgan fingerprint density at radius 2 is 1.89 bits per heavy atom. The van der Waals surface area contributed by atoms with Crippen LogP contribution < -0.4 is 4.74 Å². The molecule has 2 aliphatic heterocycles. The smallest absolute Gasteiger partial charge is 0.125 e. The Morgan fingerprint density at radius 3 is 2.59 bits per heavy atom. The SMILES string of the molecule is Cc1ccc2c(c1)C(O)CC1(CCN(CC(O)c3ccc(F)cc3)CC1)O2. The van der Waals surface area contributed by atoms with Gasteiger partial charge in [-0.05, 0) is 49.6 Å². The van der Waals surface area contributed by atoms with E-state index in [1.807, 2.05) is 25.1 Å². The van der Waals surface area contributed by atoms with Crippen molar-refractivity contribution >= 4 is 0 Å². The van der Waals surface area contributed by atoms with Crippen LogP contribution >= 0.6 is 0 Å². The van der Waals surface area contributed by atoms with Crippen molar-refractivity contribution in [3.05, 3.63) is 65.0 Å². The second kappa shape index (κ2) is 7.23. The maximum absolute atomic E-state index is 13.0. The zero-order valence-electron chi connectivity index (χ0n) is 15.6. The minimum atomic E-state index is -0.638. The number of ether oxygens (including phenoxy) is 1. The van der Waals surface area contributed by atoms with E-state index in [1.54, 1.807) is 12.1 Å². The molecule has 27 heavy (non-hydrogen) atoms. The van der Waals surface area contributed by atoms with Crippen molar-refractivity contribution in [1.82, 2.24) is 4.90 Å². The predicted molar refractivity (Wildman–Crippen MR) is 101 cm³/mol. The Hall–Kier alpha value is -1.95. The van der Waals surface area contributed by atoms with Gasteiger partial charge in [0, 0.05) is 31.6 Å². The zero-order valence-corrected chi connectivity index (χ0v) is 15.6. The molecule has 0 aromatic heterocycles. The first-order chi connectivity index (χ1) is 12.9. The van der Waals surface area contributed by atoms with Crippen LogP contribution in [0.4, 0.5) is 4.39 Å². The molecule has 1 spiro atoms. The molecule has 1 saturated heterocycles. The number of halogens is 1. The Morgan fingerprint density at radius 1 is 1.19 bits per heavy atom. The molecular formula is C22H26FNO3. The monoisotopic (exact) mass is 371 g/mol. The van der Waals surface area contributed by atoms with Crippen molar-refractivity contribution in [1.29, 1.82) is 0 Å². The summed E-state index contributed by atoms with van der Waals surface area (Å²) in [6.45, 7) is 4.13. The minimum absolute atomic E-state index is 0.297. The summed E-state index contributed by atoms with van der Waals surface area (Å²) in [5, 5.41) is 21.0. The number of fused-ring (bicyclic) bond motifs is 1. The van der Waals surface area contributed by atoms with Crippen LogP contribution in [0.15, 0.2) is 42.5 Å². The van der Waals surface area contributed by atoms with Crippen molar-refractivity contribution < 1.29 is 19.3 Å². The molecule has 0 aliphatic carbocycles. The summed E-state index contributed by atoms with van der Waals surface area (Å²) in [4.78, 5) is 2.21. The van der Waals surface area contributed by atoms with E-state index in [4.69, 9.17) is 4.74 Å². The normalized spacial score (nSPS) is 22.9. The number of benzene rings is 2. The van der Waals surface area contributed by atoms with Crippen molar-refractivity contribution in [3.8, 4) is 5.75 Å². The third kappa shape index (κ3) is 3.86. The van der Waals surface area contributed by atoms with Crippen molar-refractivity contribution in [2.45, 2.75) is 44.0 Å². The summed E-state index contributed by atoms with van der Waals surface area (Å²) < 4.78 is 19.4. The summed E-state index contributed by atoms with van der Waals surface area (Å²) in [5.41, 5.74) is 2.40. The number of hydrogen-bond donors (Lipinski definition) is 2. The molecule has 0 amide bonds. The molecule has 2 N–H and O–H groups in total. The Kier molecular flexibility index (Phi) is 4.93. The number of aliphatic hydroxyl groups excluding tert-OH is 2. The molecule has 4 nitrogen and oxygen atoms in total. The van der Waals surface area contributed by atoms with Crippen LogP contribution in [-0.4, -0.2) is 40.3 Å². The molecule has 2 aliphatic rings. The number of likely N-dealkylation sites (tertiary alicyclic amines) is 1. The van der Waals surface area contributed by atoms with E-state index in [2.05, 4.69) is 4.90 Å². The molecule has 2 aromatic carbocycles. The van der Waals surface area contributed by atoms with Crippen molar-refractivity contribution in [2.24, 2.45) is 0 Å². The van der Waals surface area contributed by atoms with Gasteiger partial charge in [-0.3, -0.25) is 0 Å². The maximum atomic E-state index is 13.0. The number of rotatable bonds is 3. The van der Waals surface area contributed by atoms with Crippen molar-refractivity contribution in [3.63, 3.8) is 0 Å². The van der Waals surface area contributed by atoms with Gasteiger partial charge in [-0.25, -0.2) is 4.39 Å². The summed E-state index contributed by atoms with van der Waals surface area (Å²) in [5.74, 6) is 0.494. The Balaban J connectivity index is 1.39. The molecule has 2 atom stereocenters. The van der Waals surface area contributed by atoms with Gasteiger partial charge in [0.25, 0.3) is 0 Å². The number of aryl methyl sites for hydroxylation is 1. The minimum Gasteiger partial charge on any atom is -0.487 e. The van der Waals surface area contributed by atoms with E-state index < -0.39 is 12.2 Å². The number of β-amino-alcohol motifs (C(OH)–C–C–N with tert-alkyl or cyclic N) is 1. The number of piperidine rings is 1. The van der Waals surface area contributed by atoms with Crippen molar-refractivity contribution in [2.75, 3.05) is 19.6 Å². The molecular weight excluding hydrogens is 345 g/mol. The van der Waals surface area contributed by atoms with Crippen LogP contribution in [0.5, 0.6) is 5.75 Å². The van der Waals surface area contributed by atoms with E-state index in [-0.39, 0.29) is 11.4 Å². The second-order valence-electron chi connectivity index (χ2n) is 7.91. The Labute approximate surface area is 159 Å². The van der Waals surface area contributed by atoms with Gasteiger partial charge < -0.3 is 19.8 Å². The van der Waals surface area contributed by atoms with E-state index in [1.165, 1.54) is 12.1 Å². The molecule has 1 fully saturated rings. The average Bonchev–Trinajstić information content (AvgIpc) is 2.65. The van der Waals surface area contributed by atoms with Crippen LogP contribution in [0, 0.1) is 12.7 Å². The zero-order chi connectivity index (χ0) is 19.0. The molecule has 0 bridgehead atoms. The van der Waals surface area contributed by atoms with Crippen LogP contribution in [0.1, 0.15) is 48.2 Å². The number of nitrogens with zero attached hydrogens (tertiary/aromatic N) is 1.